The lowest BCUT2D eigenvalue weighted by atomic mass is 9.89. The largest absolute Gasteiger partial charge is 0.490 e. The maximum absolute atomic E-state index is 12.0. The van der Waals surface area contributed by atoms with Crippen molar-refractivity contribution >= 4 is 17.7 Å². The second-order valence-electron chi connectivity index (χ2n) is 6.37. The molecule has 7 heteroatoms. The minimum Gasteiger partial charge on any atom is -0.490 e. The summed E-state index contributed by atoms with van der Waals surface area (Å²) in [4.78, 5) is 35.3. The Kier molecular flexibility index (Phi) is 6.98. The van der Waals surface area contributed by atoms with Crippen molar-refractivity contribution in [3.8, 4) is 11.5 Å². The summed E-state index contributed by atoms with van der Waals surface area (Å²) in [5, 5.41) is 12.0. The van der Waals surface area contributed by atoms with Gasteiger partial charge in [0.25, 0.3) is 0 Å². The first-order valence-electron chi connectivity index (χ1n) is 9.09. The van der Waals surface area contributed by atoms with Crippen LogP contribution in [-0.4, -0.2) is 36.0 Å². The van der Waals surface area contributed by atoms with E-state index in [4.69, 9.17) is 9.47 Å². The van der Waals surface area contributed by atoms with Crippen LogP contribution in [0.2, 0.25) is 0 Å². The molecule has 0 spiro atoms. The zero-order valence-electron chi connectivity index (χ0n) is 15.8. The van der Waals surface area contributed by atoms with E-state index < -0.39 is 30.0 Å². The van der Waals surface area contributed by atoms with E-state index in [1.807, 2.05) is 13.8 Å². The lowest BCUT2D eigenvalue weighted by Crippen LogP contribution is -2.37. The van der Waals surface area contributed by atoms with Crippen LogP contribution < -0.4 is 14.8 Å². The van der Waals surface area contributed by atoms with Gasteiger partial charge in [-0.1, -0.05) is 26.8 Å². The van der Waals surface area contributed by atoms with Gasteiger partial charge in [-0.15, -0.1) is 0 Å². The fraction of sp³-hybridized carbons (Fsp3) is 0.450. The van der Waals surface area contributed by atoms with Crippen molar-refractivity contribution < 1.29 is 29.0 Å². The topological polar surface area (TPSA) is 102 Å². The average molecular weight is 375 g/mol. The number of allylic oxidation sites excluding steroid dienone is 1. The number of carboxylic acid groups (broad SMARTS) is 1. The SMILES string of the molecule is CCCOc1ccc(C(C)C2=C(C(=O)O)C(=O)CC(=O)N2)cc1OCCC. The molecule has 1 aliphatic heterocycles. The van der Waals surface area contributed by atoms with Gasteiger partial charge in [-0.25, -0.2) is 4.79 Å². The van der Waals surface area contributed by atoms with Crippen LogP contribution in [-0.2, 0) is 14.4 Å². The number of carboxylic acids is 1. The summed E-state index contributed by atoms with van der Waals surface area (Å²) in [7, 11) is 0. The summed E-state index contributed by atoms with van der Waals surface area (Å²) in [5.74, 6) is -1.87. The number of Topliss-reactive ketones (excluding diaryl/α,β-unsaturated/α-hetero) is 1. The molecule has 7 nitrogen and oxygen atoms in total. The molecular formula is C20H25NO6. The molecule has 2 rings (SSSR count). The van der Waals surface area contributed by atoms with Gasteiger partial charge in [0.05, 0.1) is 19.6 Å². The Hall–Kier alpha value is -2.83. The molecule has 0 saturated carbocycles. The Morgan fingerprint density at radius 3 is 2.37 bits per heavy atom. The van der Waals surface area contributed by atoms with Gasteiger partial charge >= 0.3 is 5.97 Å². The molecule has 1 aliphatic rings. The molecule has 0 aromatic heterocycles. The van der Waals surface area contributed by atoms with Crippen molar-refractivity contribution in [2.45, 2.75) is 46.0 Å². The number of rotatable bonds is 9. The third-order valence-corrected chi connectivity index (χ3v) is 4.18. The summed E-state index contributed by atoms with van der Waals surface area (Å²) in [5.41, 5.74) is 0.450. The summed E-state index contributed by atoms with van der Waals surface area (Å²) in [6, 6.07) is 5.31. The van der Waals surface area contributed by atoms with Crippen LogP contribution in [0.25, 0.3) is 0 Å². The lowest BCUT2D eigenvalue weighted by Gasteiger charge is -2.24. The number of ether oxygens (including phenoxy) is 2. The molecule has 1 atom stereocenters. The first-order chi connectivity index (χ1) is 12.9. The van der Waals surface area contributed by atoms with Gasteiger partial charge in [0, 0.05) is 11.6 Å². The Labute approximate surface area is 158 Å². The Balaban J connectivity index is 2.42. The second kappa shape index (κ2) is 9.21. The molecule has 1 amide bonds. The highest BCUT2D eigenvalue weighted by Gasteiger charge is 2.33. The number of carbonyl (C=O) groups excluding carboxylic acids is 2. The van der Waals surface area contributed by atoms with Crippen molar-refractivity contribution in [1.82, 2.24) is 5.32 Å². The number of nitrogens with one attached hydrogen (secondary N) is 1. The molecule has 1 heterocycles. The normalized spacial score (nSPS) is 15.4. The molecule has 2 N–H and O–H groups in total. The average Bonchev–Trinajstić information content (AvgIpc) is 2.63. The standard InChI is InChI=1S/C20H25NO6/c1-4-8-26-15-7-6-13(10-16(15)27-9-5-2)12(3)19-18(20(24)25)14(22)11-17(23)21-19/h6-7,10,12H,4-5,8-9,11H2,1-3H3,(H,21,23)(H,24,25). The van der Waals surface area contributed by atoms with Crippen molar-refractivity contribution in [1.29, 1.82) is 0 Å². The second-order valence-corrected chi connectivity index (χ2v) is 6.37. The molecule has 0 bridgehead atoms. The van der Waals surface area contributed by atoms with E-state index in [0.29, 0.717) is 30.3 Å². The number of benzene rings is 1. The highest BCUT2D eigenvalue weighted by atomic mass is 16.5. The maximum Gasteiger partial charge on any atom is 0.341 e. The molecule has 0 fully saturated rings. The van der Waals surface area contributed by atoms with Gasteiger partial charge in [-0.2, -0.15) is 0 Å². The van der Waals surface area contributed by atoms with Gasteiger partial charge in [0.15, 0.2) is 17.3 Å². The first kappa shape index (κ1) is 20.5. The molecular weight excluding hydrogens is 350 g/mol. The van der Waals surface area contributed by atoms with E-state index in [-0.39, 0.29) is 11.3 Å². The fourth-order valence-corrected chi connectivity index (χ4v) is 2.82. The molecule has 0 aliphatic carbocycles. The summed E-state index contributed by atoms with van der Waals surface area (Å²) < 4.78 is 11.5. The Bertz CT molecular complexity index is 768. The van der Waals surface area contributed by atoms with Crippen LogP contribution in [0.4, 0.5) is 0 Å². The minimum atomic E-state index is -1.34. The number of carbonyl (C=O) groups is 3. The molecule has 0 saturated heterocycles. The number of hydrogen-bond acceptors (Lipinski definition) is 5. The lowest BCUT2D eigenvalue weighted by molar-refractivity contribution is -0.135. The van der Waals surface area contributed by atoms with E-state index in [0.717, 1.165) is 12.8 Å². The third kappa shape index (κ3) is 4.87. The number of amides is 1. The third-order valence-electron chi connectivity index (χ3n) is 4.18. The van der Waals surface area contributed by atoms with E-state index >= 15 is 0 Å². The van der Waals surface area contributed by atoms with Crippen molar-refractivity contribution in [2.75, 3.05) is 13.2 Å². The van der Waals surface area contributed by atoms with Gasteiger partial charge < -0.3 is 19.9 Å². The quantitative estimate of drug-likeness (QED) is 0.508. The van der Waals surface area contributed by atoms with E-state index in [9.17, 15) is 19.5 Å². The first-order valence-corrected chi connectivity index (χ1v) is 9.09. The van der Waals surface area contributed by atoms with Crippen molar-refractivity contribution in [2.24, 2.45) is 0 Å². The smallest absolute Gasteiger partial charge is 0.341 e. The Morgan fingerprint density at radius 2 is 1.78 bits per heavy atom. The zero-order valence-corrected chi connectivity index (χ0v) is 15.8. The molecule has 27 heavy (non-hydrogen) atoms. The summed E-state index contributed by atoms with van der Waals surface area (Å²) >= 11 is 0. The van der Waals surface area contributed by atoms with Gasteiger partial charge in [-0.3, -0.25) is 9.59 Å². The van der Waals surface area contributed by atoms with Crippen molar-refractivity contribution in [3.05, 3.63) is 35.0 Å². The molecule has 1 aromatic rings. The van der Waals surface area contributed by atoms with Crippen molar-refractivity contribution in [3.63, 3.8) is 0 Å². The fourth-order valence-electron chi connectivity index (χ4n) is 2.82. The van der Waals surface area contributed by atoms with Crippen LogP contribution in [0, 0.1) is 0 Å². The molecule has 146 valence electrons. The van der Waals surface area contributed by atoms with Crippen LogP contribution in [0.5, 0.6) is 11.5 Å². The summed E-state index contributed by atoms with van der Waals surface area (Å²) in [6.45, 7) is 6.80. The maximum atomic E-state index is 12.0. The molecule has 1 aromatic carbocycles. The summed E-state index contributed by atoms with van der Waals surface area (Å²) in [6.07, 6.45) is 1.23. The van der Waals surface area contributed by atoms with E-state index in [1.165, 1.54) is 0 Å². The zero-order chi connectivity index (χ0) is 20.0. The van der Waals surface area contributed by atoms with E-state index in [2.05, 4.69) is 5.32 Å². The number of aliphatic carboxylic acids is 1. The van der Waals surface area contributed by atoms with Crippen LogP contribution in [0.3, 0.4) is 0 Å². The highest BCUT2D eigenvalue weighted by molar-refractivity contribution is 6.23. The number of ketones is 1. The van der Waals surface area contributed by atoms with E-state index in [1.54, 1.807) is 25.1 Å². The monoisotopic (exact) mass is 375 g/mol. The van der Waals surface area contributed by atoms with Crippen LogP contribution in [0.15, 0.2) is 29.5 Å². The minimum absolute atomic E-state index is 0.104. The van der Waals surface area contributed by atoms with Crippen LogP contribution >= 0.6 is 0 Å². The number of hydrogen-bond donors (Lipinski definition) is 2. The van der Waals surface area contributed by atoms with Gasteiger partial charge in [-0.05, 0) is 30.5 Å². The predicted octanol–water partition coefficient (Wildman–Crippen LogP) is 2.80. The van der Waals surface area contributed by atoms with Gasteiger partial charge in [0.1, 0.15) is 5.57 Å². The Morgan fingerprint density at radius 1 is 1.15 bits per heavy atom. The molecule has 0 radical (unpaired) electrons. The predicted molar refractivity (Wildman–Crippen MR) is 98.9 cm³/mol. The highest BCUT2D eigenvalue weighted by Crippen LogP contribution is 2.35. The van der Waals surface area contributed by atoms with Gasteiger partial charge in [0.2, 0.25) is 5.91 Å². The molecule has 1 unspecified atom stereocenters. The van der Waals surface area contributed by atoms with Crippen LogP contribution in [0.1, 0.15) is 51.5 Å².